The first kappa shape index (κ1) is 17.2. The second-order valence-corrected chi connectivity index (χ2v) is 4.99. The van der Waals surface area contributed by atoms with Gasteiger partial charge in [-0.15, -0.1) is 10.5 Å². The number of phenolic OH excluding ortho intramolecular Hbond substituents is 1. The number of hydrogen-bond acceptors (Lipinski definition) is 5. The molecule has 0 fully saturated rings. The maximum Gasteiger partial charge on any atom is 0.315 e. The van der Waals surface area contributed by atoms with Crippen LogP contribution in [0.2, 0.25) is 0 Å². The van der Waals surface area contributed by atoms with Crippen LogP contribution in [0.15, 0.2) is 42.5 Å². The molecule has 0 radical (unpaired) electrons. The van der Waals surface area contributed by atoms with E-state index in [1.54, 1.807) is 0 Å². The third-order valence-corrected chi connectivity index (χ3v) is 3.15. The van der Waals surface area contributed by atoms with Crippen molar-refractivity contribution in [2.75, 3.05) is 12.4 Å². The Morgan fingerprint density at radius 1 is 1.38 bits per heavy atom. The van der Waals surface area contributed by atoms with Crippen molar-refractivity contribution in [1.82, 2.24) is 5.43 Å². The van der Waals surface area contributed by atoms with Crippen LogP contribution in [0.25, 0.3) is 0 Å². The number of para-hydroxylation sites is 1. The molecule has 0 aromatic heterocycles. The molecule has 0 bridgehead atoms. The zero-order chi connectivity index (χ0) is 17.5. The van der Waals surface area contributed by atoms with Gasteiger partial charge in [0.05, 0.1) is 17.6 Å². The Morgan fingerprint density at radius 2 is 2.08 bits per heavy atom. The van der Waals surface area contributed by atoms with Gasteiger partial charge >= 0.3 is 5.69 Å². The Bertz CT molecular complexity index is 781. The maximum absolute atomic E-state index is 10.9. The van der Waals surface area contributed by atoms with E-state index in [0.717, 1.165) is 5.69 Å². The number of nitro benzene ring substituents is 1. The fourth-order valence-corrected chi connectivity index (χ4v) is 2.04. The van der Waals surface area contributed by atoms with Crippen LogP contribution in [0.5, 0.6) is 11.5 Å². The summed E-state index contributed by atoms with van der Waals surface area (Å²) in [4.78, 5) is 10.2. The van der Waals surface area contributed by atoms with Crippen LogP contribution in [0.4, 0.5) is 11.4 Å². The van der Waals surface area contributed by atoms with E-state index in [2.05, 4.69) is 15.8 Å². The third-order valence-electron chi connectivity index (χ3n) is 2.95. The summed E-state index contributed by atoms with van der Waals surface area (Å²) in [6.45, 7) is 0. The van der Waals surface area contributed by atoms with E-state index in [1.807, 2.05) is 30.3 Å². The smallest absolute Gasteiger partial charge is 0.315 e. The van der Waals surface area contributed by atoms with E-state index in [4.69, 9.17) is 17.0 Å². The second-order valence-electron chi connectivity index (χ2n) is 4.58. The van der Waals surface area contributed by atoms with Gasteiger partial charge < -0.3 is 15.2 Å². The van der Waals surface area contributed by atoms with Crippen LogP contribution in [-0.2, 0) is 0 Å². The van der Waals surface area contributed by atoms with Crippen molar-refractivity contribution in [3.8, 4) is 11.5 Å². The number of nitro groups is 1. The number of phenols is 1. The van der Waals surface area contributed by atoms with Crippen LogP contribution >= 0.6 is 12.2 Å². The highest BCUT2D eigenvalue weighted by Crippen LogP contribution is 2.36. The molecule has 0 saturated heterocycles. The lowest BCUT2D eigenvalue weighted by Gasteiger charge is -2.04. The van der Waals surface area contributed by atoms with E-state index in [0.29, 0.717) is 10.7 Å². The summed E-state index contributed by atoms with van der Waals surface area (Å²) in [6, 6.07) is 12.0. The molecule has 0 saturated carbocycles. The number of anilines is 1. The van der Waals surface area contributed by atoms with Gasteiger partial charge in [-0.3, -0.25) is 10.1 Å². The van der Waals surface area contributed by atoms with Gasteiger partial charge in [-0.1, -0.05) is 18.2 Å². The van der Waals surface area contributed by atoms with E-state index < -0.39 is 16.4 Å². The van der Waals surface area contributed by atoms with Gasteiger partial charge in [-0.25, -0.2) is 0 Å². The number of ether oxygens (including phenoxy) is 1. The first-order valence-corrected chi connectivity index (χ1v) is 7.18. The van der Waals surface area contributed by atoms with E-state index in [1.165, 1.54) is 25.5 Å². The molecule has 2 aromatic rings. The van der Waals surface area contributed by atoms with Crippen molar-refractivity contribution in [3.63, 3.8) is 0 Å². The highest BCUT2D eigenvalue weighted by Gasteiger charge is 2.20. The minimum atomic E-state index is -0.690. The molecule has 4 N–H and O–H groups in total. The van der Waals surface area contributed by atoms with Gasteiger partial charge in [0.25, 0.3) is 0 Å². The Labute approximate surface area is 142 Å². The molecule has 9 heteroatoms. The Hall–Kier alpha value is -3.20. The van der Waals surface area contributed by atoms with Crippen LogP contribution in [0.3, 0.4) is 0 Å². The average Bonchev–Trinajstić information content (AvgIpc) is 2.56. The standard InChI is InChI=1S/C15H14N4O4S/c1-23-13-8-10(7-12(14(13)20)19(21)22)9-16-18-15(24)17-11-5-3-2-4-6-11/h2-9,20H,1H3,(H2,17,18,24)/p+1/b16-9+. The summed E-state index contributed by atoms with van der Waals surface area (Å²) in [6.07, 6.45) is 1.45. The summed E-state index contributed by atoms with van der Waals surface area (Å²) in [5.74, 6) is -0.517. The van der Waals surface area contributed by atoms with Gasteiger partial charge in [0.1, 0.15) is 0 Å². The lowest BCUT2D eigenvalue weighted by Crippen LogP contribution is -2.82. The van der Waals surface area contributed by atoms with E-state index in [-0.39, 0.29) is 5.75 Å². The molecule has 0 spiro atoms. The van der Waals surface area contributed by atoms with Gasteiger partial charge in [-0.2, -0.15) is 0 Å². The summed E-state index contributed by atoms with van der Waals surface area (Å²) in [7, 11) is 1.31. The van der Waals surface area contributed by atoms with Crippen molar-refractivity contribution in [2.45, 2.75) is 0 Å². The lowest BCUT2D eigenvalue weighted by atomic mass is 10.2. The number of hydrazone groups is 1. The largest absolute Gasteiger partial charge is 0.500 e. The highest BCUT2D eigenvalue weighted by molar-refractivity contribution is 7.80. The number of thiocarbonyl (C=S) groups is 1. The first-order valence-electron chi connectivity index (χ1n) is 6.77. The molecule has 124 valence electrons. The van der Waals surface area contributed by atoms with Crippen molar-refractivity contribution < 1.29 is 19.9 Å². The lowest BCUT2D eigenvalue weighted by molar-refractivity contribution is -0.499. The van der Waals surface area contributed by atoms with Crippen molar-refractivity contribution in [1.29, 1.82) is 0 Å². The predicted molar refractivity (Wildman–Crippen MR) is 93.2 cm³/mol. The molecule has 0 atom stereocenters. The molecule has 0 aliphatic heterocycles. The molecule has 8 nitrogen and oxygen atoms in total. The van der Waals surface area contributed by atoms with Crippen LogP contribution in [0, 0.1) is 10.1 Å². The number of hydrazine groups is 1. The minimum Gasteiger partial charge on any atom is -0.500 e. The Balaban J connectivity index is 2.07. The summed E-state index contributed by atoms with van der Waals surface area (Å²) < 4.78 is 4.92. The van der Waals surface area contributed by atoms with E-state index >= 15 is 0 Å². The Morgan fingerprint density at radius 3 is 2.71 bits per heavy atom. The maximum atomic E-state index is 10.9. The molecule has 0 aliphatic rings. The van der Waals surface area contributed by atoms with E-state index in [9.17, 15) is 15.2 Å². The predicted octanol–water partition coefficient (Wildman–Crippen LogP) is 0.710. The van der Waals surface area contributed by atoms with Crippen molar-refractivity contribution in [2.24, 2.45) is 0 Å². The number of benzene rings is 2. The van der Waals surface area contributed by atoms with Gasteiger partial charge in [-0.05, 0) is 30.4 Å². The molecule has 0 unspecified atom stereocenters. The molecule has 0 aliphatic carbocycles. The third kappa shape index (κ3) is 4.40. The van der Waals surface area contributed by atoms with Crippen LogP contribution in [0.1, 0.15) is 5.56 Å². The van der Waals surface area contributed by atoms with Crippen LogP contribution < -0.4 is 20.6 Å². The number of methoxy groups -OCH3 is 1. The quantitative estimate of drug-likeness (QED) is 0.273. The average molecular weight is 347 g/mol. The van der Waals surface area contributed by atoms with Crippen molar-refractivity contribution in [3.05, 3.63) is 58.1 Å². The fraction of sp³-hybridized carbons (Fsp3) is 0.0667. The molecular weight excluding hydrogens is 332 g/mol. The molecule has 2 rings (SSSR count). The number of rotatable bonds is 5. The highest BCUT2D eigenvalue weighted by atomic mass is 32.1. The van der Waals surface area contributed by atoms with Crippen molar-refractivity contribution >= 4 is 34.9 Å². The zero-order valence-corrected chi connectivity index (χ0v) is 13.5. The molecule has 0 heterocycles. The number of aromatic hydroxyl groups is 1. The first-order chi connectivity index (χ1) is 11.5. The zero-order valence-electron chi connectivity index (χ0n) is 12.6. The topological polar surface area (TPSA) is 111 Å². The molecule has 24 heavy (non-hydrogen) atoms. The van der Waals surface area contributed by atoms with Gasteiger partial charge in [0.2, 0.25) is 10.9 Å². The van der Waals surface area contributed by atoms with Crippen LogP contribution in [-0.4, -0.2) is 28.5 Å². The molecule has 2 aromatic carbocycles. The normalized spacial score (nSPS) is 10.4. The summed E-state index contributed by atoms with van der Waals surface area (Å²) in [5, 5.41) is 26.6. The number of nitrogens with zero attached hydrogens (tertiary/aromatic N) is 1. The number of nitrogens with one attached hydrogen (secondary N) is 3. The minimum absolute atomic E-state index is 0.00207. The van der Waals surface area contributed by atoms with Gasteiger partial charge in [0, 0.05) is 11.8 Å². The Kier molecular flexibility index (Phi) is 5.63. The molecule has 0 amide bonds. The number of hydrogen-bond donors (Lipinski definition) is 4. The summed E-state index contributed by atoms with van der Waals surface area (Å²) >= 11 is 5.11. The fourth-order valence-electron chi connectivity index (χ4n) is 1.86. The SMILES string of the molecule is COc1cc(/C=[NH+]/NC(=S)Nc2ccccc2)cc([N+](=O)[O-])c1O. The van der Waals surface area contributed by atoms with Gasteiger partial charge in [0.15, 0.2) is 12.0 Å². The second kappa shape index (κ2) is 7.88. The summed E-state index contributed by atoms with van der Waals surface area (Å²) in [5.41, 5.74) is 3.51. The molecular formula is C15H15N4O4S+. The monoisotopic (exact) mass is 347 g/mol.